The second-order valence-corrected chi connectivity index (χ2v) is 7.05. The zero-order valence-electron chi connectivity index (χ0n) is 15.4. The van der Waals surface area contributed by atoms with Crippen molar-refractivity contribution in [3.63, 3.8) is 0 Å². The van der Waals surface area contributed by atoms with Crippen molar-refractivity contribution >= 4 is 41.3 Å². The maximum Gasteiger partial charge on any atom is 0.191 e. The van der Waals surface area contributed by atoms with Gasteiger partial charge in [0.25, 0.3) is 0 Å². The summed E-state index contributed by atoms with van der Waals surface area (Å²) < 4.78 is 0. The Morgan fingerprint density at radius 1 is 1.21 bits per heavy atom. The third kappa shape index (κ3) is 8.62. The van der Waals surface area contributed by atoms with Gasteiger partial charge in [-0.3, -0.25) is 0 Å². The van der Waals surface area contributed by atoms with Crippen LogP contribution >= 0.6 is 35.3 Å². The van der Waals surface area contributed by atoms with Crippen LogP contribution < -0.4 is 10.6 Å². The fourth-order valence-corrected chi connectivity index (χ4v) is 3.34. The quantitative estimate of drug-likeness (QED) is 0.278. The van der Waals surface area contributed by atoms with E-state index in [4.69, 9.17) is 0 Å². The average molecular weight is 468 g/mol. The SMILES string of the molecule is CCCC(O)(CCC)CNC(=NCc1ncc(CC)s1)NCC.I. The van der Waals surface area contributed by atoms with Crippen molar-refractivity contribution in [2.75, 3.05) is 13.1 Å². The van der Waals surface area contributed by atoms with E-state index in [2.05, 4.69) is 41.4 Å². The van der Waals surface area contributed by atoms with Crippen LogP contribution in [0.25, 0.3) is 0 Å². The van der Waals surface area contributed by atoms with Gasteiger partial charge in [0, 0.05) is 24.2 Å². The van der Waals surface area contributed by atoms with E-state index in [1.54, 1.807) is 11.3 Å². The molecule has 0 spiro atoms. The molecule has 1 aromatic heterocycles. The smallest absolute Gasteiger partial charge is 0.191 e. The topological polar surface area (TPSA) is 69.5 Å². The van der Waals surface area contributed by atoms with Gasteiger partial charge in [0.2, 0.25) is 0 Å². The van der Waals surface area contributed by atoms with Gasteiger partial charge in [0.1, 0.15) is 5.01 Å². The molecule has 24 heavy (non-hydrogen) atoms. The van der Waals surface area contributed by atoms with E-state index in [-0.39, 0.29) is 24.0 Å². The molecule has 0 saturated carbocycles. The summed E-state index contributed by atoms with van der Waals surface area (Å²) in [5, 5.41) is 18.2. The van der Waals surface area contributed by atoms with Crippen LogP contribution in [0.4, 0.5) is 0 Å². The highest BCUT2D eigenvalue weighted by atomic mass is 127. The minimum atomic E-state index is -0.656. The fourth-order valence-electron chi connectivity index (χ4n) is 2.55. The molecule has 1 heterocycles. The zero-order chi connectivity index (χ0) is 17.1. The Hall–Kier alpha value is -0.410. The molecule has 5 nitrogen and oxygen atoms in total. The number of aromatic nitrogens is 1. The maximum absolute atomic E-state index is 10.7. The lowest BCUT2D eigenvalue weighted by atomic mass is 9.93. The van der Waals surface area contributed by atoms with Crippen molar-refractivity contribution in [1.82, 2.24) is 15.6 Å². The molecule has 0 aliphatic heterocycles. The highest BCUT2D eigenvalue weighted by Gasteiger charge is 2.24. The molecule has 0 bridgehead atoms. The molecule has 0 radical (unpaired) electrons. The van der Waals surface area contributed by atoms with Crippen LogP contribution in [-0.2, 0) is 13.0 Å². The minimum absolute atomic E-state index is 0. The van der Waals surface area contributed by atoms with Gasteiger partial charge in [0.15, 0.2) is 5.96 Å². The number of nitrogens with one attached hydrogen (secondary N) is 2. The third-order valence-electron chi connectivity index (χ3n) is 3.68. The summed E-state index contributed by atoms with van der Waals surface area (Å²) in [6.45, 7) is 10.3. The van der Waals surface area contributed by atoms with Gasteiger partial charge in [-0.1, -0.05) is 33.6 Å². The molecule has 0 fully saturated rings. The molecular weight excluding hydrogens is 435 g/mol. The predicted molar refractivity (Wildman–Crippen MR) is 114 cm³/mol. The van der Waals surface area contributed by atoms with Gasteiger partial charge in [-0.15, -0.1) is 35.3 Å². The first-order valence-electron chi connectivity index (χ1n) is 8.75. The van der Waals surface area contributed by atoms with E-state index in [0.717, 1.165) is 49.6 Å². The van der Waals surface area contributed by atoms with Crippen LogP contribution in [0, 0.1) is 0 Å². The summed E-state index contributed by atoms with van der Waals surface area (Å²) in [4.78, 5) is 10.3. The average Bonchev–Trinajstić information content (AvgIpc) is 2.99. The van der Waals surface area contributed by atoms with Crippen molar-refractivity contribution in [3.8, 4) is 0 Å². The molecule has 0 saturated heterocycles. The van der Waals surface area contributed by atoms with Gasteiger partial charge in [-0.25, -0.2) is 9.98 Å². The lowest BCUT2D eigenvalue weighted by Crippen LogP contribution is -2.47. The molecular formula is C17H33IN4OS. The molecule has 7 heteroatoms. The standard InChI is InChI=1S/C17H32N4OS.HI/c1-5-9-17(22,10-6-2)13-21-16(18-8-4)20-12-15-19-11-14(7-3)23-15;/h11,22H,5-10,12-13H2,1-4H3,(H2,18,20,21);1H. The number of hydrogen-bond acceptors (Lipinski definition) is 4. The Labute approximate surface area is 167 Å². The van der Waals surface area contributed by atoms with Gasteiger partial charge >= 0.3 is 0 Å². The Morgan fingerprint density at radius 3 is 2.38 bits per heavy atom. The van der Waals surface area contributed by atoms with Crippen LogP contribution in [0.15, 0.2) is 11.2 Å². The molecule has 0 aliphatic carbocycles. The van der Waals surface area contributed by atoms with Crippen molar-refractivity contribution in [2.45, 2.75) is 71.9 Å². The highest BCUT2D eigenvalue weighted by Crippen LogP contribution is 2.18. The number of halogens is 1. The summed E-state index contributed by atoms with van der Waals surface area (Å²) in [5.41, 5.74) is -0.656. The molecule has 1 aromatic rings. The number of aryl methyl sites for hydroxylation is 1. The van der Waals surface area contributed by atoms with Crippen LogP contribution in [0.1, 0.15) is 63.3 Å². The molecule has 140 valence electrons. The Morgan fingerprint density at radius 2 is 1.88 bits per heavy atom. The molecule has 0 amide bonds. The fraction of sp³-hybridized carbons (Fsp3) is 0.765. The Balaban J connectivity index is 0.00000529. The van der Waals surface area contributed by atoms with E-state index < -0.39 is 5.60 Å². The van der Waals surface area contributed by atoms with Gasteiger partial charge in [-0.2, -0.15) is 0 Å². The first-order chi connectivity index (χ1) is 11.1. The number of thiazole rings is 1. The van der Waals surface area contributed by atoms with Crippen LogP contribution in [0.3, 0.4) is 0 Å². The summed E-state index contributed by atoms with van der Waals surface area (Å²) in [6.07, 6.45) is 6.51. The van der Waals surface area contributed by atoms with E-state index in [1.165, 1.54) is 4.88 Å². The van der Waals surface area contributed by atoms with Crippen molar-refractivity contribution in [2.24, 2.45) is 4.99 Å². The first-order valence-corrected chi connectivity index (χ1v) is 9.56. The number of nitrogens with zero attached hydrogens (tertiary/aromatic N) is 2. The normalized spacial score (nSPS) is 12.0. The van der Waals surface area contributed by atoms with E-state index in [1.807, 2.05) is 13.1 Å². The molecule has 0 aliphatic rings. The molecule has 3 N–H and O–H groups in total. The lowest BCUT2D eigenvalue weighted by molar-refractivity contribution is 0.0257. The monoisotopic (exact) mass is 468 g/mol. The molecule has 0 unspecified atom stereocenters. The van der Waals surface area contributed by atoms with Gasteiger partial charge in [-0.05, 0) is 26.2 Å². The van der Waals surface area contributed by atoms with Gasteiger partial charge in [0.05, 0.1) is 12.1 Å². The summed E-state index contributed by atoms with van der Waals surface area (Å²) in [6, 6.07) is 0. The summed E-state index contributed by atoms with van der Waals surface area (Å²) in [7, 11) is 0. The number of aliphatic imine (C=N–C) groups is 1. The highest BCUT2D eigenvalue weighted by molar-refractivity contribution is 14.0. The van der Waals surface area contributed by atoms with Crippen molar-refractivity contribution in [3.05, 3.63) is 16.1 Å². The van der Waals surface area contributed by atoms with Crippen molar-refractivity contribution in [1.29, 1.82) is 0 Å². The summed E-state index contributed by atoms with van der Waals surface area (Å²) in [5.74, 6) is 0.742. The third-order valence-corrected chi connectivity index (χ3v) is 4.81. The zero-order valence-corrected chi connectivity index (χ0v) is 18.5. The van der Waals surface area contributed by atoms with Crippen molar-refractivity contribution < 1.29 is 5.11 Å². The molecule has 0 aromatic carbocycles. The maximum atomic E-state index is 10.7. The second-order valence-electron chi connectivity index (χ2n) is 5.85. The van der Waals surface area contributed by atoms with E-state index >= 15 is 0 Å². The second kappa shape index (κ2) is 12.9. The number of guanidine groups is 1. The van der Waals surface area contributed by atoms with E-state index in [9.17, 15) is 5.11 Å². The molecule has 1 rings (SSSR count). The number of hydrogen-bond donors (Lipinski definition) is 3. The van der Waals surface area contributed by atoms with Gasteiger partial charge < -0.3 is 15.7 Å². The number of rotatable bonds is 10. The van der Waals surface area contributed by atoms with E-state index in [0.29, 0.717) is 13.1 Å². The molecule has 0 atom stereocenters. The Kier molecular flexibility index (Phi) is 12.7. The van der Waals surface area contributed by atoms with Crippen LogP contribution in [0.2, 0.25) is 0 Å². The van der Waals surface area contributed by atoms with Crippen LogP contribution in [0.5, 0.6) is 0 Å². The first kappa shape index (κ1) is 23.6. The number of aliphatic hydroxyl groups is 1. The Bertz CT molecular complexity index is 473. The lowest BCUT2D eigenvalue weighted by Gasteiger charge is -2.28. The predicted octanol–water partition coefficient (Wildman–Crippen LogP) is 3.71. The summed E-state index contributed by atoms with van der Waals surface area (Å²) >= 11 is 1.71. The largest absolute Gasteiger partial charge is 0.388 e. The minimum Gasteiger partial charge on any atom is -0.388 e. The van der Waals surface area contributed by atoms with Crippen LogP contribution in [-0.4, -0.2) is 34.7 Å².